The monoisotopic (exact) mass is 236 g/mol. The third-order valence-electron chi connectivity index (χ3n) is 1.20. The SMILES string of the molecule is CC(=O)N(O)CC(O)CP(=O)(O)O.[Na]. The van der Waals surface area contributed by atoms with Crippen molar-refractivity contribution in [2.24, 2.45) is 0 Å². The Morgan fingerprint density at radius 3 is 2.21 bits per heavy atom. The van der Waals surface area contributed by atoms with Crippen LogP contribution in [-0.2, 0) is 9.36 Å². The fraction of sp³-hybridized carbons (Fsp3) is 0.800. The first-order chi connectivity index (χ1) is 5.72. The smallest absolute Gasteiger partial charge is 0.328 e. The predicted molar refractivity (Wildman–Crippen MR) is 47.8 cm³/mol. The molecule has 9 heteroatoms. The number of aliphatic hydroxyl groups excluding tert-OH is 1. The molecule has 79 valence electrons. The number of aliphatic hydroxyl groups is 1. The van der Waals surface area contributed by atoms with Crippen molar-refractivity contribution in [3.05, 3.63) is 0 Å². The van der Waals surface area contributed by atoms with Crippen molar-refractivity contribution in [2.75, 3.05) is 12.7 Å². The molecule has 0 aromatic rings. The average molecular weight is 236 g/mol. The molecule has 4 N–H and O–H groups in total. The Kier molecular flexibility index (Phi) is 8.38. The summed E-state index contributed by atoms with van der Waals surface area (Å²) in [5.74, 6) is -0.704. The van der Waals surface area contributed by atoms with Gasteiger partial charge in [-0.1, -0.05) is 0 Å². The third-order valence-corrected chi connectivity index (χ3v) is 2.09. The standard InChI is InChI=1S/C5H12NO6P.Na/c1-4(7)6(9)2-5(8)3-13(10,11)12;/h5,8-9H,2-3H2,1H3,(H2,10,11,12);. The summed E-state index contributed by atoms with van der Waals surface area (Å²) in [7, 11) is -4.31. The molecule has 0 aliphatic carbocycles. The van der Waals surface area contributed by atoms with Crippen molar-refractivity contribution in [1.82, 2.24) is 5.06 Å². The van der Waals surface area contributed by atoms with Crippen LogP contribution >= 0.6 is 7.60 Å². The number of carbonyl (C=O) groups excluding carboxylic acids is 1. The summed E-state index contributed by atoms with van der Waals surface area (Å²) in [6.07, 6.45) is -2.22. The third kappa shape index (κ3) is 9.11. The molecule has 0 fully saturated rings. The van der Waals surface area contributed by atoms with Crippen molar-refractivity contribution in [1.29, 1.82) is 0 Å². The zero-order valence-corrected chi connectivity index (χ0v) is 10.9. The first-order valence-electron chi connectivity index (χ1n) is 3.42. The van der Waals surface area contributed by atoms with Gasteiger partial charge in [-0.2, -0.15) is 0 Å². The van der Waals surface area contributed by atoms with Crippen LogP contribution in [0.5, 0.6) is 0 Å². The van der Waals surface area contributed by atoms with E-state index in [4.69, 9.17) is 20.1 Å². The zero-order chi connectivity index (χ0) is 10.6. The molecule has 0 saturated heterocycles. The van der Waals surface area contributed by atoms with E-state index in [1.165, 1.54) is 0 Å². The second-order valence-corrected chi connectivity index (χ2v) is 4.30. The summed E-state index contributed by atoms with van der Waals surface area (Å²) in [5, 5.41) is 17.9. The van der Waals surface area contributed by atoms with Crippen LogP contribution in [0.2, 0.25) is 0 Å². The summed E-state index contributed by atoms with van der Waals surface area (Å²) in [6.45, 7) is 0.546. The molecule has 0 bridgehead atoms. The minimum absolute atomic E-state index is 0. The maximum absolute atomic E-state index is 10.4. The predicted octanol–water partition coefficient (Wildman–Crippen LogP) is -1.62. The van der Waals surface area contributed by atoms with E-state index in [1.807, 2.05) is 0 Å². The molecule has 1 amide bonds. The largest absolute Gasteiger partial charge is 0.391 e. The van der Waals surface area contributed by atoms with Gasteiger partial charge < -0.3 is 14.9 Å². The van der Waals surface area contributed by atoms with Crippen molar-refractivity contribution in [3.63, 3.8) is 0 Å². The van der Waals surface area contributed by atoms with Gasteiger partial charge in [0.2, 0.25) is 5.91 Å². The quantitative estimate of drug-likeness (QED) is 0.202. The van der Waals surface area contributed by atoms with Crippen LogP contribution in [0.4, 0.5) is 0 Å². The molecule has 0 rings (SSSR count). The molecule has 1 unspecified atom stereocenters. The Hall–Kier alpha value is 0.540. The maximum Gasteiger partial charge on any atom is 0.328 e. The van der Waals surface area contributed by atoms with Crippen LogP contribution in [-0.4, -0.2) is 79.4 Å². The van der Waals surface area contributed by atoms with Gasteiger partial charge in [-0.05, 0) is 0 Å². The van der Waals surface area contributed by atoms with Gasteiger partial charge in [0.25, 0.3) is 0 Å². The zero-order valence-electron chi connectivity index (χ0n) is 7.99. The Labute approximate surface area is 103 Å². The van der Waals surface area contributed by atoms with E-state index in [0.29, 0.717) is 0 Å². The summed E-state index contributed by atoms with van der Waals surface area (Å²) in [5.41, 5.74) is 0. The number of hydroxylamine groups is 2. The van der Waals surface area contributed by atoms with Crippen LogP contribution in [0.1, 0.15) is 6.92 Å². The van der Waals surface area contributed by atoms with Crippen molar-refractivity contribution >= 4 is 43.1 Å². The minimum atomic E-state index is -4.31. The van der Waals surface area contributed by atoms with Gasteiger partial charge in [0.15, 0.2) is 0 Å². The maximum atomic E-state index is 10.4. The minimum Gasteiger partial charge on any atom is -0.391 e. The molecule has 1 radical (unpaired) electrons. The summed E-state index contributed by atoms with van der Waals surface area (Å²) in [4.78, 5) is 27.2. The Bertz CT molecular complexity index is 230. The van der Waals surface area contributed by atoms with E-state index in [9.17, 15) is 9.36 Å². The van der Waals surface area contributed by atoms with Crippen LogP contribution in [0, 0.1) is 0 Å². The van der Waals surface area contributed by atoms with Gasteiger partial charge in [0.05, 0.1) is 18.8 Å². The van der Waals surface area contributed by atoms with Crippen LogP contribution in [0.3, 0.4) is 0 Å². The van der Waals surface area contributed by atoms with Crippen molar-refractivity contribution in [2.45, 2.75) is 13.0 Å². The second kappa shape index (κ2) is 6.92. The second-order valence-electron chi connectivity index (χ2n) is 2.60. The molecule has 0 aromatic heterocycles. The molecule has 0 aromatic carbocycles. The van der Waals surface area contributed by atoms with Gasteiger partial charge in [0.1, 0.15) is 0 Å². The molecule has 0 spiro atoms. The fourth-order valence-electron chi connectivity index (χ4n) is 0.660. The van der Waals surface area contributed by atoms with E-state index < -0.39 is 32.3 Å². The number of nitrogens with zero attached hydrogens (tertiary/aromatic N) is 1. The number of amides is 1. The van der Waals surface area contributed by atoms with Crippen LogP contribution in [0.25, 0.3) is 0 Å². The van der Waals surface area contributed by atoms with E-state index in [-0.39, 0.29) is 34.6 Å². The number of hydrogen-bond acceptors (Lipinski definition) is 4. The number of carbonyl (C=O) groups is 1. The molecular formula is C5H12NNaO6P. The number of rotatable bonds is 4. The van der Waals surface area contributed by atoms with Gasteiger partial charge in [0, 0.05) is 36.5 Å². The van der Waals surface area contributed by atoms with E-state index in [0.717, 1.165) is 6.92 Å². The Morgan fingerprint density at radius 1 is 1.50 bits per heavy atom. The van der Waals surface area contributed by atoms with Gasteiger partial charge >= 0.3 is 7.60 Å². The molecule has 0 heterocycles. The summed E-state index contributed by atoms with van der Waals surface area (Å²) < 4.78 is 10.3. The topological polar surface area (TPSA) is 118 Å². The fourth-order valence-corrected chi connectivity index (χ4v) is 1.32. The molecule has 0 aliphatic rings. The molecule has 1 atom stereocenters. The van der Waals surface area contributed by atoms with E-state index in [2.05, 4.69) is 0 Å². The Morgan fingerprint density at radius 2 is 1.93 bits per heavy atom. The number of hydrogen-bond donors (Lipinski definition) is 4. The molecular weight excluding hydrogens is 224 g/mol. The molecule has 14 heavy (non-hydrogen) atoms. The van der Waals surface area contributed by atoms with Gasteiger partial charge in [-0.25, -0.2) is 5.06 Å². The van der Waals surface area contributed by atoms with Gasteiger partial charge in [-0.3, -0.25) is 14.6 Å². The van der Waals surface area contributed by atoms with E-state index >= 15 is 0 Å². The van der Waals surface area contributed by atoms with Crippen LogP contribution in [0.15, 0.2) is 0 Å². The van der Waals surface area contributed by atoms with E-state index in [1.54, 1.807) is 0 Å². The normalized spacial score (nSPS) is 12.9. The van der Waals surface area contributed by atoms with Crippen LogP contribution < -0.4 is 0 Å². The first-order valence-corrected chi connectivity index (χ1v) is 5.22. The molecule has 7 nitrogen and oxygen atoms in total. The van der Waals surface area contributed by atoms with Gasteiger partial charge in [-0.15, -0.1) is 0 Å². The summed E-state index contributed by atoms with van der Waals surface area (Å²) in [6, 6.07) is 0. The van der Waals surface area contributed by atoms with Crippen molar-refractivity contribution in [3.8, 4) is 0 Å². The first kappa shape index (κ1) is 17.0. The average Bonchev–Trinajstić information content (AvgIpc) is 1.81. The molecule has 0 saturated carbocycles. The Balaban J connectivity index is 0. The summed E-state index contributed by atoms with van der Waals surface area (Å²) >= 11 is 0. The molecule has 0 aliphatic heterocycles. The van der Waals surface area contributed by atoms with Crippen molar-refractivity contribution < 1.29 is 29.5 Å².